The smallest absolute Gasteiger partial charge is 0.408 e. The maximum absolute atomic E-state index is 12.9. The van der Waals surface area contributed by atoms with Gasteiger partial charge < -0.3 is 24.3 Å². The second kappa shape index (κ2) is 11.8. The van der Waals surface area contributed by atoms with Crippen LogP contribution in [-0.2, 0) is 30.2 Å². The molecular weight excluding hydrogens is 450 g/mol. The third-order valence-electron chi connectivity index (χ3n) is 5.41. The Kier molecular flexibility index (Phi) is 8.87. The molecule has 0 spiro atoms. The van der Waals surface area contributed by atoms with Crippen LogP contribution in [0.15, 0.2) is 60.7 Å². The van der Waals surface area contributed by atoms with E-state index in [0.717, 1.165) is 5.56 Å². The summed E-state index contributed by atoms with van der Waals surface area (Å²) in [7, 11) is 0. The number of hydrogen-bond donors (Lipinski definition) is 1. The first kappa shape index (κ1) is 26.2. The number of benzene rings is 2. The van der Waals surface area contributed by atoms with E-state index < -0.39 is 41.9 Å². The molecule has 1 aliphatic rings. The highest BCUT2D eigenvalue weighted by atomic mass is 16.6. The molecule has 1 N–H and O–H groups in total. The molecule has 3 rings (SSSR count). The zero-order valence-corrected chi connectivity index (χ0v) is 20.6. The molecule has 1 amide bonds. The van der Waals surface area contributed by atoms with Gasteiger partial charge in [0.05, 0.1) is 18.8 Å². The van der Waals surface area contributed by atoms with E-state index in [4.69, 9.17) is 18.9 Å². The van der Waals surface area contributed by atoms with Gasteiger partial charge in [-0.1, -0.05) is 48.5 Å². The van der Waals surface area contributed by atoms with Gasteiger partial charge in [0.25, 0.3) is 0 Å². The summed E-state index contributed by atoms with van der Waals surface area (Å²) in [5.41, 5.74) is 0.704. The molecule has 0 radical (unpaired) electrons. The van der Waals surface area contributed by atoms with Crippen molar-refractivity contribution in [3.63, 3.8) is 0 Å². The fraction of sp³-hybridized carbons (Fsp3) is 0.444. The molecule has 35 heavy (non-hydrogen) atoms. The van der Waals surface area contributed by atoms with E-state index in [1.54, 1.807) is 52.0 Å². The number of carbonyl (C=O) groups excluding carboxylic acids is 3. The van der Waals surface area contributed by atoms with Gasteiger partial charge >= 0.3 is 18.0 Å². The zero-order chi connectivity index (χ0) is 25.4. The van der Waals surface area contributed by atoms with Crippen LogP contribution >= 0.6 is 0 Å². The molecule has 0 bridgehead atoms. The molecule has 8 nitrogen and oxygen atoms in total. The molecule has 2 aromatic rings. The number of amides is 1. The first-order valence-corrected chi connectivity index (χ1v) is 11.7. The number of esters is 2. The van der Waals surface area contributed by atoms with Crippen molar-refractivity contribution in [2.24, 2.45) is 5.92 Å². The van der Waals surface area contributed by atoms with Crippen molar-refractivity contribution >= 4 is 18.0 Å². The van der Waals surface area contributed by atoms with E-state index >= 15 is 0 Å². The Morgan fingerprint density at radius 2 is 1.63 bits per heavy atom. The Morgan fingerprint density at radius 1 is 1.00 bits per heavy atom. The zero-order valence-electron chi connectivity index (χ0n) is 20.6. The van der Waals surface area contributed by atoms with Crippen LogP contribution in [0.5, 0.6) is 0 Å². The summed E-state index contributed by atoms with van der Waals surface area (Å²) in [5, 5.41) is 2.52. The molecule has 1 heterocycles. The lowest BCUT2D eigenvalue weighted by Gasteiger charge is -2.30. The molecule has 0 unspecified atom stereocenters. The quantitative estimate of drug-likeness (QED) is 0.508. The Labute approximate surface area is 205 Å². The van der Waals surface area contributed by atoms with Crippen molar-refractivity contribution in [3.05, 3.63) is 71.8 Å². The van der Waals surface area contributed by atoms with Gasteiger partial charge in [0.1, 0.15) is 17.8 Å². The summed E-state index contributed by atoms with van der Waals surface area (Å²) >= 11 is 0. The number of ether oxygens (including phenoxy) is 4. The largest absolute Gasteiger partial charge is 0.457 e. The van der Waals surface area contributed by atoms with Crippen molar-refractivity contribution in [1.82, 2.24) is 5.32 Å². The van der Waals surface area contributed by atoms with Gasteiger partial charge in [-0.25, -0.2) is 14.4 Å². The van der Waals surface area contributed by atoms with E-state index in [0.29, 0.717) is 12.0 Å². The summed E-state index contributed by atoms with van der Waals surface area (Å²) < 4.78 is 22.7. The van der Waals surface area contributed by atoms with Gasteiger partial charge in [-0.3, -0.25) is 0 Å². The van der Waals surface area contributed by atoms with Crippen LogP contribution < -0.4 is 5.32 Å². The van der Waals surface area contributed by atoms with E-state index in [1.165, 1.54) is 0 Å². The number of nitrogens with one attached hydrogen (secondary N) is 1. The molecule has 1 fully saturated rings. The Morgan fingerprint density at radius 3 is 2.26 bits per heavy atom. The van der Waals surface area contributed by atoms with E-state index in [1.807, 2.05) is 36.4 Å². The van der Waals surface area contributed by atoms with Crippen LogP contribution in [0.2, 0.25) is 0 Å². The Bertz CT molecular complexity index is 988. The van der Waals surface area contributed by atoms with Crippen molar-refractivity contribution in [2.45, 2.75) is 58.0 Å². The maximum Gasteiger partial charge on any atom is 0.408 e. The van der Waals surface area contributed by atoms with Crippen LogP contribution in [0.1, 0.15) is 43.6 Å². The molecule has 0 saturated carbocycles. The van der Waals surface area contributed by atoms with Gasteiger partial charge in [-0.05, 0) is 51.8 Å². The average molecular weight is 484 g/mol. The molecule has 1 saturated heterocycles. The van der Waals surface area contributed by atoms with Crippen LogP contribution in [0.25, 0.3) is 0 Å². The van der Waals surface area contributed by atoms with Crippen molar-refractivity contribution in [1.29, 1.82) is 0 Å². The van der Waals surface area contributed by atoms with E-state index in [9.17, 15) is 14.4 Å². The van der Waals surface area contributed by atoms with Gasteiger partial charge in [0.2, 0.25) is 0 Å². The molecule has 8 heteroatoms. The van der Waals surface area contributed by atoms with Crippen LogP contribution in [0.3, 0.4) is 0 Å². The number of hydrogen-bond acceptors (Lipinski definition) is 7. The van der Waals surface area contributed by atoms with Gasteiger partial charge in [0, 0.05) is 5.92 Å². The van der Waals surface area contributed by atoms with Gasteiger partial charge in [0.15, 0.2) is 6.04 Å². The third-order valence-corrected chi connectivity index (χ3v) is 5.41. The molecule has 188 valence electrons. The second-order valence-corrected chi connectivity index (χ2v) is 9.56. The monoisotopic (exact) mass is 483 g/mol. The molecule has 0 aromatic heterocycles. The molecule has 4 atom stereocenters. The Hall–Kier alpha value is -3.39. The minimum Gasteiger partial charge on any atom is -0.457 e. The number of alkyl carbamates (subject to hydrolysis) is 1. The molecule has 0 aliphatic carbocycles. The first-order chi connectivity index (χ1) is 16.6. The van der Waals surface area contributed by atoms with Crippen molar-refractivity contribution < 1.29 is 33.3 Å². The highest BCUT2D eigenvalue weighted by Gasteiger charge is 2.37. The van der Waals surface area contributed by atoms with Crippen molar-refractivity contribution in [3.8, 4) is 0 Å². The maximum atomic E-state index is 12.9. The summed E-state index contributed by atoms with van der Waals surface area (Å²) in [5.74, 6) is -1.50. The minimum atomic E-state index is -1.06. The molecule has 2 aromatic carbocycles. The molecule has 1 aliphatic heterocycles. The van der Waals surface area contributed by atoms with Crippen LogP contribution in [0.4, 0.5) is 4.79 Å². The highest BCUT2D eigenvalue weighted by molar-refractivity contribution is 5.89. The van der Waals surface area contributed by atoms with Gasteiger partial charge in [-0.2, -0.15) is 0 Å². The van der Waals surface area contributed by atoms with E-state index in [2.05, 4.69) is 5.32 Å². The highest BCUT2D eigenvalue weighted by Crippen LogP contribution is 2.24. The normalized spacial score (nSPS) is 23.1. The number of carbonyl (C=O) groups is 3. The predicted octanol–water partition coefficient (Wildman–Crippen LogP) is 3.93. The fourth-order valence-corrected chi connectivity index (χ4v) is 3.82. The second-order valence-electron chi connectivity index (χ2n) is 9.56. The average Bonchev–Trinajstić information content (AvgIpc) is 2.85. The van der Waals surface area contributed by atoms with Crippen molar-refractivity contribution in [2.75, 3.05) is 13.2 Å². The standard InChI is InChI=1S/C27H33NO7/c1-18-23(34-24(29)20-13-9-6-10-14-20)21(15-19-11-7-5-8-12-19)16-32-17-22(25(30)33-18)28-26(31)35-27(2,3)4/h5-14,18,21-23H,15-17H2,1-4H3,(H,28,31)/t18-,21-,22-,23-/m0/s1. The Balaban J connectivity index is 1.81. The SMILES string of the molecule is C[C@@H]1OC(=O)[C@@H](NC(=O)OC(C)(C)C)COC[C@H](Cc2ccccc2)[C@H]1OC(=O)c1ccccc1. The summed E-state index contributed by atoms with van der Waals surface area (Å²) in [4.78, 5) is 38.0. The van der Waals surface area contributed by atoms with Gasteiger partial charge in [-0.15, -0.1) is 0 Å². The summed E-state index contributed by atoms with van der Waals surface area (Å²) in [6.45, 7) is 6.95. The lowest BCUT2D eigenvalue weighted by atomic mass is 9.91. The number of cyclic esters (lactones) is 1. The molecular formula is C27H33NO7. The predicted molar refractivity (Wildman–Crippen MR) is 129 cm³/mol. The summed E-state index contributed by atoms with van der Waals surface area (Å²) in [6.07, 6.45) is -1.76. The minimum absolute atomic E-state index is 0.102. The topological polar surface area (TPSA) is 100 Å². The fourth-order valence-electron chi connectivity index (χ4n) is 3.82. The lowest BCUT2D eigenvalue weighted by Crippen LogP contribution is -2.48. The third kappa shape index (κ3) is 8.10. The lowest BCUT2D eigenvalue weighted by molar-refractivity contribution is -0.157. The number of rotatable bonds is 5. The van der Waals surface area contributed by atoms with Crippen LogP contribution in [-0.4, -0.2) is 55.1 Å². The van der Waals surface area contributed by atoms with E-state index in [-0.39, 0.29) is 19.1 Å². The first-order valence-electron chi connectivity index (χ1n) is 11.7. The summed E-state index contributed by atoms with van der Waals surface area (Å²) in [6, 6.07) is 17.3. The van der Waals surface area contributed by atoms with Crippen LogP contribution in [0, 0.1) is 5.92 Å².